The van der Waals surface area contributed by atoms with E-state index in [1.165, 1.54) is 0 Å². The van der Waals surface area contributed by atoms with Gasteiger partial charge in [0.1, 0.15) is 18.5 Å². The van der Waals surface area contributed by atoms with Crippen LogP contribution in [0.4, 0.5) is 0 Å². The normalized spacial score (nSPS) is 21.5. The number of halogens is 4. The summed E-state index contributed by atoms with van der Waals surface area (Å²) in [5, 5.41) is 1.90. The first-order valence-corrected chi connectivity index (χ1v) is 10.2. The molecule has 152 valence electrons. The highest BCUT2D eigenvalue weighted by molar-refractivity contribution is 6.35. The number of hydrogen-bond acceptors (Lipinski definition) is 4. The first-order valence-electron chi connectivity index (χ1n) is 8.72. The number of ether oxygens (including phenoxy) is 3. The van der Waals surface area contributed by atoms with Crippen LogP contribution in [0, 0.1) is 0 Å². The number of aryl methyl sites for hydroxylation is 1. The van der Waals surface area contributed by atoms with Crippen molar-refractivity contribution in [1.29, 1.82) is 0 Å². The van der Waals surface area contributed by atoms with Crippen molar-refractivity contribution in [3.8, 4) is 5.75 Å². The first-order chi connectivity index (χ1) is 13.9. The number of rotatable bonds is 5. The Morgan fingerprint density at radius 3 is 2.48 bits per heavy atom. The molecule has 5 nitrogen and oxygen atoms in total. The van der Waals surface area contributed by atoms with Gasteiger partial charge in [0.15, 0.2) is 5.82 Å². The number of benzene rings is 2. The van der Waals surface area contributed by atoms with Crippen molar-refractivity contribution in [2.75, 3.05) is 13.2 Å². The fourth-order valence-corrected chi connectivity index (χ4v) is 4.18. The van der Waals surface area contributed by atoms with E-state index in [9.17, 15) is 0 Å². The summed E-state index contributed by atoms with van der Waals surface area (Å²) in [6.07, 6.45) is 3.10. The van der Waals surface area contributed by atoms with E-state index >= 15 is 0 Å². The Morgan fingerprint density at radius 1 is 1.10 bits per heavy atom. The lowest BCUT2D eigenvalue weighted by Crippen LogP contribution is -2.34. The van der Waals surface area contributed by atoms with Crippen molar-refractivity contribution in [2.24, 2.45) is 7.05 Å². The third-order valence-electron chi connectivity index (χ3n) is 4.53. The number of imidazole rings is 1. The molecule has 1 aromatic heterocycles. The molecule has 0 radical (unpaired) electrons. The van der Waals surface area contributed by atoms with Gasteiger partial charge in [-0.3, -0.25) is 0 Å². The molecule has 1 fully saturated rings. The second-order valence-electron chi connectivity index (χ2n) is 6.54. The predicted octanol–water partition coefficient (Wildman–Crippen LogP) is 5.73. The van der Waals surface area contributed by atoms with E-state index in [4.69, 9.17) is 60.6 Å². The molecule has 29 heavy (non-hydrogen) atoms. The zero-order chi connectivity index (χ0) is 20.6. The molecule has 2 heterocycles. The molecule has 0 spiro atoms. The van der Waals surface area contributed by atoms with E-state index < -0.39 is 5.79 Å². The van der Waals surface area contributed by atoms with Gasteiger partial charge in [0, 0.05) is 35.1 Å². The maximum atomic E-state index is 6.48. The monoisotopic (exact) mass is 472 g/mol. The standard InChI is InChI=1S/C20H16Cl4N2O3/c1-26-7-6-25-19(26)20(15-4-2-12(21)8-16(15)23)28-11-14(29-20)10-27-18-5-3-13(22)9-17(18)24/h2-9,14H,10-11H2,1H3. The summed E-state index contributed by atoms with van der Waals surface area (Å²) in [6, 6.07) is 10.2. The predicted molar refractivity (Wildman–Crippen MR) is 113 cm³/mol. The summed E-state index contributed by atoms with van der Waals surface area (Å²) >= 11 is 24.7. The second-order valence-corrected chi connectivity index (χ2v) is 8.23. The molecule has 9 heteroatoms. The Morgan fingerprint density at radius 2 is 1.83 bits per heavy atom. The van der Waals surface area contributed by atoms with Crippen molar-refractivity contribution in [2.45, 2.75) is 11.9 Å². The molecule has 2 atom stereocenters. The minimum absolute atomic E-state index is 0.221. The summed E-state index contributed by atoms with van der Waals surface area (Å²) in [7, 11) is 1.86. The van der Waals surface area contributed by atoms with E-state index in [0.29, 0.717) is 37.2 Å². The van der Waals surface area contributed by atoms with Crippen LogP contribution in [0.2, 0.25) is 20.1 Å². The first kappa shape index (κ1) is 20.8. The molecule has 2 unspecified atom stereocenters. The van der Waals surface area contributed by atoms with Crippen molar-refractivity contribution < 1.29 is 14.2 Å². The SMILES string of the molecule is Cn1ccnc1C1(c2ccc(Cl)cc2Cl)OCC(COc2ccc(Cl)cc2Cl)O1. The van der Waals surface area contributed by atoms with Crippen LogP contribution in [-0.2, 0) is 22.3 Å². The highest BCUT2D eigenvalue weighted by Gasteiger charge is 2.49. The summed E-state index contributed by atoms with van der Waals surface area (Å²) in [6.45, 7) is 0.496. The zero-order valence-electron chi connectivity index (χ0n) is 15.2. The van der Waals surface area contributed by atoms with Crippen LogP contribution in [0.3, 0.4) is 0 Å². The van der Waals surface area contributed by atoms with Gasteiger partial charge in [0.2, 0.25) is 0 Å². The van der Waals surface area contributed by atoms with Crippen LogP contribution in [0.15, 0.2) is 48.8 Å². The molecule has 1 saturated heterocycles. The molecular weight excluding hydrogens is 458 g/mol. The average molecular weight is 474 g/mol. The molecule has 3 aromatic rings. The smallest absolute Gasteiger partial charge is 0.258 e. The number of hydrogen-bond donors (Lipinski definition) is 0. The third kappa shape index (κ3) is 4.08. The highest BCUT2D eigenvalue weighted by Crippen LogP contribution is 2.43. The lowest BCUT2D eigenvalue weighted by molar-refractivity contribution is -0.153. The Labute approximate surface area is 188 Å². The minimum atomic E-state index is -1.28. The molecule has 0 aliphatic carbocycles. The maximum absolute atomic E-state index is 6.48. The molecule has 0 N–H and O–H groups in total. The molecule has 0 saturated carbocycles. The Balaban J connectivity index is 1.61. The Kier molecular flexibility index (Phi) is 5.98. The van der Waals surface area contributed by atoms with Gasteiger partial charge in [0.05, 0.1) is 16.7 Å². The average Bonchev–Trinajstić information content (AvgIpc) is 3.28. The topological polar surface area (TPSA) is 45.5 Å². The Hall–Kier alpha value is -1.47. The van der Waals surface area contributed by atoms with E-state index in [1.807, 2.05) is 17.8 Å². The minimum Gasteiger partial charge on any atom is -0.489 e. The quantitative estimate of drug-likeness (QED) is 0.474. The molecular formula is C20H16Cl4N2O3. The lowest BCUT2D eigenvalue weighted by atomic mass is 10.0. The van der Waals surface area contributed by atoms with Gasteiger partial charge < -0.3 is 18.8 Å². The van der Waals surface area contributed by atoms with Crippen molar-refractivity contribution in [1.82, 2.24) is 9.55 Å². The van der Waals surface area contributed by atoms with Gasteiger partial charge in [-0.15, -0.1) is 0 Å². The summed E-state index contributed by atoms with van der Waals surface area (Å²) in [4.78, 5) is 4.43. The summed E-state index contributed by atoms with van der Waals surface area (Å²) in [5.41, 5.74) is 0.616. The third-order valence-corrected chi connectivity index (χ3v) is 5.60. The highest BCUT2D eigenvalue weighted by atomic mass is 35.5. The summed E-state index contributed by atoms with van der Waals surface area (Å²) < 4.78 is 20.1. The summed E-state index contributed by atoms with van der Waals surface area (Å²) in [5.74, 6) is -0.204. The van der Waals surface area contributed by atoms with Crippen LogP contribution >= 0.6 is 46.4 Å². The van der Waals surface area contributed by atoms with Gasteiger partial charge in [0.25, 0.3) is 5.79 Å². The Bertz CT molecular complexity index is 1040. The molecule has 1 aliphatic rings. The van der Waals surface area contributed by atoms with Gasteiger partial charge in [-0.25, -0.2) is 4.98 Å². The lowest BCUT2D eigenvalue weighted by Gasteiger charge is -2.28. The van der Waals surface area contributed by atoms with E-state index in [-0.39, 0.29) is 19.3 Å². The van der Waals surface area contributed by atoms with Gasteiger partial charge in [-0.1, -0.05) is 52.5 Å². The van der Waals surface area contributed by atoms with Gasteiger partial charge in [-0.2, -0.15) is 0 Å². The van der Waals surface area contributed by atoms with E-state index in [1.54, 1.807) is 42.6 Å². The maximum Gasteiger partial charge on any atom is 0.258 e. The van der Waals surface area contributed by atoms with Crippen molar-refractivity contribution in [3.05, 3.63) is 80.3 Å². The van der Waals surface area contributed by atoms with Crippen LogP contribution in [0.1, 0.15) is 11.4 Å². The second kappa shape index (κ2) is 8.34. The van der Waals surface area contributed by atoms with Gasteiger partial charge >= 0.3 is 0 Å². The van der Waals surface area contributed by atoms with Crippen molar-refractivity contribution in [3.63, 3.8) is 0 Å². The van der Waals surface area contributed by atoms with Crippen molar-refractivity contribution >= 4 is 46.4 Å². The zero-order valence-corrected chi connectivity index (χ0v) is 18.3. The molecule has 2 aromatic carbocycles. The van der Waals surface area contributed by atoms with Crippen LogP contribution in [0.5, 0.6) is 5.75 Å². The fraction of sp³-hybridized carbons (Fsp3) is 0.250. The van der Waals surface area contributed by atoms with Crippen LogP contribution in [0.25, 0.3) is 0 Å². The number of nitrogens with zero attached hydrogens (tertiary/aromatic N) is 2. The molecule has 4 rings (SSSR count). The number of aromatic nitrogens is 2. The van der Waals surface area contributed by atoms with Gasteiger partial charge in [-0.05, 0) is 30.3 Å². The molecule has 1 aliphatic heterocycles. The molecule has 0 amide bonds. The van der Waals surface area contributed by atoms with Crippen LogP contribution in [-0.4, -0.2) is 28.9 Å². The van der Waals surface area contributed by atoms with E-state index in [2.05, 4.69) is 4.98 Å². The molecule has 0 bridgehead atoms. The van der Waals surface area contributed by atoms with E-state index in [0.717, 1.165) is 0 Å². The largest absolute Gasteiger partial charge is 0.489 e. The fourth-order valence-electron chi connectivity index (χ4n) is 3.19. The van der Waals surface area contributed by atoms with Crippen LogP contribution < -0.4 is 4.74 Å².